The van der Waals surface area contributed by atoms with E-state index in [9.17, 15) is 18.4 Å². The molecule has 0 aliphatic rings. The molecule has 6 nitrogen and oxygen atoms in total. The van der Waals surface area contributed by atoms with Gasteiger partial charge in [-0.05, 0) is 48.5 Å². The normalized spacial score (nSPS) is 10.5. The third kappa shape index (κ3) is 3.92. The van der Waals surface area contributed by atoms with Crippen molar-refractivity contribution in [2.24, 2.45) is 0 Å². The van der Waals surface area contributed by atoms with Gasteiger partial charge in [-0.1, -0.05) is 0 Å². The largest absolute Gasteiger partial charge is 0.476 e. The second-order valence-electron chi connectivity index (χ2n) is 5.46. The number of hydrogen-bond donors (Lipinski definition) is 2. The smallest absolute Gasteiger partial charge is 0.356 e. The highest BCUT2D eigenvalue weighted by atomic mass is 19.1. The Labute approximate surface area is 146 Å². The number of hydrogen-bond acceptors (Lipinski definition) is 3. The van der Waals surface area contributed by atoms with Crippen LogP contribution in [0.3, 0.4) is 0 Å². The molecule has 0 fully saturated rings. The van der Waals surface area contributed by atoms with Crippen molar-refractivity contribution >= 4 is 17.6 Å². The van der Waals surface area contributed by atoms with Crippen molar-refractivity contribution in [3.8, 4) is 5.69 Å². The maximum atomic E-state index is 13.6. The Kier molecular flexibility index (Phi) is 4.74. The van der Waals surface area contributed by atoms with E-state index in [2.05, 4.69) is 10.4 Å². The van der Waals surface area contributed by atoms with Crippen LogP contribution in [0.25, 0.3) is 5.69 Å². The van der Waals surface area contributed by atoms with Crippen LogP contribution in [0.5, 0.6) is 0 Å². The number of carboxylic acids is 1. The van der Waals surface area contributed by atoms with Crippen molar-refractivity contribution in [1.29, 1.82) is 0 Å². The maximum absolute atomic E-state index is 13.6. The van der Waals surface area contributed by atoms with Crippen LogP contribution in [0.1, 0.15) is 16.1 Å². The Balaban J connectivity index is 1.67. The van der Waals surface area contributed by atoms with Gasteiger partial charge in [0.1, 0.15) is 11.6 Å². The third-order valence-electron chi connectivity index (χ3n) is 3.58. The average Bonchev–Trinajstić information content (AvgIpc) is 3.09. The van der Waals surface area contributed by atoms with Gasteiger partial charge in [-0.15, -0.1) is 0 Å². The predicted molar refractivity (Wildman–Crippen MR) is 89.2 cm³/mol. The molecule has 2 N–H and O–H groups in total. The Bertz CT molecular complexity index is 968. The minimum Gasteiger partial charge on any atom is -0.476 e. The number of aromatic carboxylic acids is 1. The minimum atomic E-state index is -1.13. The fraction of sp³-hybridized carbons (Fsp3) is 0.0556. The van der Waals surface area contributed by atoms with Crippen molar-refractivity contribution in [3.63, 3.8) is 0 Å². The summed E-state index contributed by atoms with van der Waals surface area (Å²) >= 11 is 0. The van der Waals surface area contributed by atoms with Crippen LogP contribution in [0.4, 0.5) is 14.5 Å². The molecule has 0 atom stereocenters. The minimum absolute atomic E-state index is 0.0307. The molecule has 1 aromatic heterocycles. The zero-order valence-electron chi connectivity index (χ0n) is 13.3. The SMILES string of the molecule is O=C(Cc1cc(F)ccc1F)Nc1ccc(-n2ccc(C(=O)O)n2)cc1. The van der Waals surface area contributed by atoms with Crippen molar-refractivity contribution in [2.75, 3.05) is 5.32 Å². The van der Waals surface area contributed by atoms with E-state index < -0.39 is 23.5 Å². The van der Waals surface area contributed by atoms with E-state index in [1.54, 1.807) is 24.3 Å². The van der Waals surface area contributed by atoms with Gasteiger partial charge < -0.3 is 10.4 Å². The lowest BCUT2D eigenvalue weighted by Gasteiger charge is -2.08. The van der Waals surface area contributed by atoms with Gasteiger partial charge in [0, 0.05) is 17.4 Å². The highest BCUT2D eigenvalue weighted by molar-refractivity contribution is 5.92. The number of anilines is 1. The summed E-state index contributed by atoms with van der Waals surface area (Å²) in [5, 5.41) is 15.4. The lowest BCUT2D eigenvalue weighted by Crippen LogP contribution is -2.15. The number of amides is 1. The topological polar surface area (TPSA) is 84.2 Å². The standard InChI is InChI=1S/C18H13F2N3O3/c19-12-1-6-15(20)11(9-12)10-17(24)21-13-2-4-14(5-3-13)23-8-7-16(22-23)18(25)26/h1-9H,10H2,(H,21,24)(H,25,26). The Morgan fingerprint density at radius 1 is 1.08 bits per heavy atom. The van der Waals surface area contributed by atoms with Crippen LogP contribution < -0.4 is 5.32 Å². The van der Waals surface area contributed by atoms with Crippen LogP contribution in [-0.2, 0) is 11.2 Å². The van der Waals surface area contributed by atoms with Gasteiger partial charge in [0.2, 0.25) is 5.91 Å². The molecule has 3 aromatic rings. The van der Waals surface area contributed by atoms with E-state index in [0.717, 1.165) is 18.2 Å². The fourth-order valence-electron chi connectivity index (χ4n) is 2.34. The third-order valence-corrected chi connectivity index (χ3v) is 3.58. The molecule has 2 aromatic carbocycles. The first kappa shape index (κ1) is 17.3. The van der Waals surface area contributed by atoms with E-state index >= 15 is 0 Å². The van der Waals surface area contributed by atoms with Crippen LogP contribution >= 0.6 is 0 Å². The molecule has 0 saturated heterocycles. The molecule has 8 heteroatoms. The second-order valence-corrected chi connectivity index (χ2v) is 5.46. The van der Waals surface area contributed by atoms with E-state index in [1.165, 1.54) is 16.9 Å². The average molecular weight is 357 g/mol. The summed E-state index contributed by atoms with van der Waals surface area (Å²) in [4.78, 5) is 22.8. The number of halogens is 2. The number of carbonyl (C=O) groups is 2. The number of carbonyl (C=O) groups excluding carboxylic acids is 1. The number of rotatable bonds is 5. The zero-order chi connectivity index (χ0) is 18.7. The predicted octanol–water partition coefficient (Wildman–Crippen LogP) is 3.03. The molecule has 0 radical (unpaired) electrons. The summed E-state index contributed by atoms with van der Waals surface area (Å²) in [7, 11) is 0. The lowest BCUT2D eigenvalue weighted by molar-refractivity contribution is -0.115. The number of nitrogens with zero attached hydrogens (tertiary/aromatic N) is 2. The molecule has 132 valence electrons. The zero-order valence-corrected chi connectivity index (χ0v) is 13.3. The van der Waals surface area contributed by atoms with Crippen molar-refractivity contribution in [1.82, 2.24) is 9.78 Å². The maximum Gasteiger partial charge on any atom is 0.356 e. The Morgan fingerprint density at radius 2 is 1.81 bits per heavy atom. The summed E-state index contributed by atoms with van der Waals surface area (Å²) < 4.78 is 28.1. The number of aromatic nitrogens is 2. The number of nitrogens with one attached hydrogen (secondary N) is 1. The molecule has 1 amide bonds. The van der Waals surface area contributed by atoms with E-state index in [1.807, 2.05) is 0 Å². The van der Waals surface area contributed by atoms with Gasteiger partial charge in [0.05, 0.1) is 12.1 Å². The quantitative estimate of drug-likeness (QED) is 0.735. The molecular weight excluding hydrogens is 344 g/mol. The molecule has 1 heterocycles. The molecular formula is C18H13F2N3O3. The molecule has 0 aliphatic carbocycles. The summed E-state index contributed by atoms with van der Waals surface area (Å²) in [6, 6.07) is 10.8. The monoisotopic (exact) mass is 357 g/mol. The number of carboxylic acid groups (broad SMARTS) is 1. The van der Waals surface area contributed by atoms with Crippen LogP contribution in [0.2, 0.25) is 0 Å². The first-order valence-electron chi connectivity index (χ1n) is 7.55. The molecule has 0 unspecified atom stereocenters. The van der Waals surface area contributed by atoms with Gasteiger partial charge in [-0.3, -0.25) is 4.79 Å². The number of benzene rings is 2. The first-order chi connectivity index (χ1) is 12.4. The highest BCUT2D eigenvalue weighted by Crippen LogP contribution is 2.15. The summed E-state index contributed by atoms with van der Waals surface area (Å²) in [6.07, 6.45) is 1.20. The second kappa shape index (κ2) is 7.14. The Morgan fingerprint density at radius 3 is 2.46 bits per heavy atom. The fourth-order valence-corrected chi connectivity index (χ4v) is 2.34. The Hall–Kier alpha value is -3.55. The molecule has 0 spiro atoms. The molecule has 0 bridgehead atoms. The molecule has 0 saturated carbocycles. The van der Waals surface area contributed by atoms with E-state index in [-0.39, 0.29) is 17.7 Å². The van der Waals surface area contributed by atoms with Crippen LogP contribution in [0, 0.1) is 11.6 Å². The summed E-state index contributed by atoms with van der Waals surface area (Å²) in [5.74, 6) is -2.88. The van der Waals surface area contributed by atoms with Crippen LogP contribution in [-0.4, -0.2) is 26.8 Å². The van der Waals surface area contributed by atoms with Crippen molar-refractivity contribution in [2.45, 2.75) is 6.42 Å². The van der Waals surface area contributed by atoms with Crippen molar-refractivity contribution in [3.05, 3.63) is 77.6 Å². The van der Waals surface area contributed by atoms with Gasteiger partial charge in [-0.25, -0.2) is 18.3 Å². The van der Waals surface area contributed by atoms with E-state index in [4.69, 9.17) is 5.11 Å². The van der Waals surface area contributed by atoms with E-state index in [0.29, 0.717) is 11.4 Å². The van der Waals surface area contributed by atoms with Crippen LogP contribution in [0.15, 0.2) is 54.7 Å². The molecule has 26 heavy (non-hydrogen) atoms. The molecule has 0 aliphatic heterocycles. The van der Waals surface area contributed by atoms with Crippen molar-refractivity contribution < 1.29 is 23.5 Å². The van der Waals surface area contributed by atoms with Gasteiger partial charge in [-0.2, -0.15) is 5.10 Å². The molecule has 3 rings (SSSR count). The highest BCUT2D eigenvalue weighted by Gasteiger charge is 2.11. The van der Waals surface area contributed by atoms with Gasteiger partial charge >= 0.3 is 5.97 Å². The summed E-state index contributed by atoms with van der Waals surface area (Å²) in [6.45, 7) is 0. The van der Waals surface area contributed by atoms with Gasteiger partial charge in [0.15, 0.2) is 5.69 Å². The lowest BCUT2D eigenvalue weighted by atomic mass is 10.1. The first-order valence-corrected chi connectivity index (χ1v) is 7.55. The summed E-state index contributed by atoms with van der Waals surface area (Å²) in [5.41, 5.74) is 0.948. The van der Waals surface area contributed by atoms with Gasteiger partial charge in [0.25, 0.3) is 0 Å².